The Morgan fingerprint density at radius 2 is 1.89 bits per heavy atom. The topological polar surface area (TPSA) is 91.6 Å². The van der Waals surface area contributed by atoms with Gasteiger partial charge >= 0.3 is 5.69 Å². The summed E-state index contributed by atoms with van der Waals surface area (Å²) in [4.78, 5) is 23.8. The molecule has 0 saturated heterocycles. The summed E-state index contributed by atoms with van der Waals surface area (Å²) in [5.41, 5.74) is -0.402. The molecule has 6 nitrogen and oxygen atoms in total. The lowest BCUT2D eigenvalue weighted by Crippen LogP contribution is -2.40. The van der Waals surface area contributed by atoms with Crippen LogP contribution in [0.5, 0.6) is 0 Å². The lowest BCUT2D eigenvalue weighted by atomic mass is 10.4. The maximum atomic E-state index is 12.0. The van der Waals surface area contributed by atoms with Crippen LogP contribution in [-0.4, -0.2) is 14.9 Å². The quantitative estimate of drug-likeness (QED) is 0.579. The van der Waals surface area contributed by atoms with Crippen LogP contribution in [0.15, 0.2) is 14.1 Å². The van der Waals surface area contributed by atoms with Crippen LogP contribution in [0.4, 0.5) is 0 Å². The number of nitriles is 2. The molecule has 1 heterocycles. The van der Waals surface area contributed by atoms with Crippen LogP contribution in [0, 0.1) is 21.3 Å². The van der Waals surface area contributed by atoms with Crippen molar-refractivity contribution in [2.24, 2.45) is 7.05 Å². The van der Waals surface area contributed by atoms with Crippen LogP contribution >= 0.6 is 39.5 Å². The third-order valence-corrected chi connectivity index (χ3v) is 4.20. The van der Waals surface area contributed by atoms with Gasteiger partial charge in [0.05, 0.1) is 5.69 Å². The predicted octanol–water partition coefficient (Wildman–Crippen LogP) is 1.24. The number of halogens is 1. The lowest BCUT2D eigenvalue weighted by Gasteiger charge is -2.13. The number of thioether (sulfide) groups is 2. The fourth-order valence-electron chi connectivity index (χ4n) is 1.43. The van der Waals surface area contributed by atoms with Crippen LogP contribution in [0.3, 0.4) is 0 Å². The van der Waals surface area contributed by atoms with E-state index >= 15 is 0 Å². The van der Waals surface area contributed by atoms with Gasteiger partial charge in [0, 0.05) is 25.1 Å². The minimum atomic E-state index is -0.444. The summed E-state index contributed by atoms with van der Waals surface area (Å²) in [6, 6.07) is 0. The normalized spacial score (nSPS) is 9.89. The summed E-state index contributed by atoms with van der Waals surface area (Å²) in [6.45, 7) is 0.311. The largest absolute Gasteiger partial charge is 0.331 e. The van der Waals surface area contributed by atoms with E-state index in [1.54, 1.807) is 0 Å². The zero-order chi connectivity index (χ0) is 14.4. The smallest absolute Gasteiger partial charge is 0.295 e. The van der Waals surface area contributed by atoms with Gasteiger partial charge < -0.3 is 0 Å². The molecule has 0 fully saturated rings. The Hall–Kier alpha value is -1.16. The molecule has 0 N–H and O–H groups in total. The van der Waals surface area contributed by atoms with E-state index in [9.17, 15) is 9.59 Å². The fraction of sp³-hybridized carbons (Fsp3) is 0.400. The van der Waals surface area contributed by atoms with E-state index in [0.29, 0.717) is 18.0 Å². The van der Waals surface area contributed by atoms with Crippen molar-refractivity contribution in [2.45, 2.75) is 12.3 Å². The number of hydrogen-bond donors (Lipinski definition) is 0. The Labute approximate surface area is 126 Å². The second kappa shape index (κ2) is 7.43. The van der Waals surface area contributed by atoms with Gasteiger partial charge in [-0.1, -0.05) is 0 Å². The second-order valence-electron chi connectivity index (χ2n) is 3.38. The molecular weight excluding hydrogens is 352 g/mol. The summed E-state index contributed by atoms with van der Waals surface area (Å²) < 4.78 is 2.70. The summed E-state index contributed by atoms with van der Waals surface area (Å²) in [5.74, 6) is 0.672. The molecule has 0 bridgehead atoms. The molecule has 0 saturated carbocycles. The third-order valence-electron chi connectivity index (χ3n) is 2.34. The molecule has 1 rings (SSSR count). The monoisotopic (exact) mass is 360 g/mol. The first-order chi connectivity index (χ1) is 9.04. The second-order valence-corrected chi connectivity index (χ2v) is 5.81. The number of aromatic nitrogens is 2. The molecule has 0 aliphatic heterocycles. The first-order valence-electron chi connectivity index (χ1n) is 5.04. The van der Waals surface area contributed by atoms with Gasteiger partial charge in [0.2, 0.25) is 0 Å². The molecule has 0 radical (unpaired) electrons. The molecule has 1 aromatic rings. The zero-order valence-electron chi connectivity index (χ0n) is 9.92. The van der Waals surface area contributed by atoms with Crippen LogP contribution in [0.2, 0.25) is 0 Å². The molecule has 0 aromatic carbocycles. The van der Waals surface area contributed by atoms with Gasteiger partial charge in [0.25, 0.3) is 5.56 Å². The van der Waals surface area contributed by atoms with Crippen molar-refractivity contribution in [3.63, 3.8) is 0 Å². The zero-order valence-corrected chi connectivity index (χ0v) is 13.1. The van der Waals surface area contributed by atoms with Gasteiger partial charge in [-0.05, 0) is 39.5 Å². The van der Waals surface area contributed by atoms with Crippen molar-refractivity contribution >= 4 is 39.5 Å². The van der Waals surface area contributed by atoms with Crippen molar-refractivity contribution in [1.29, 1.82) is 10.5 Å². The summed E-state index contributed by atoms with van der Waals surface area (Å²) in [7, 11) is 1.39. The van der Waals surface area contributed by atoms with Crippen molar-refractivity contribution < 1.29 is 0 Å². The molecule has 0 spiro atoms. The van der Waals surface area contributed by atoms with Gasteiger partial charge in [-0.25, -0.2) is 4.79 Å². The number of nitrogens with zero attached hydrogens (tertiary/aromatic N) is 4. The van der Waals surface area contributed by atoms with Crippen molar-refractivity contribution in [3.05, 3.63) is 31.0 Å². The number of rotatable bonds is 5. The van der Waals surface area contributed by atoms with Gasteiger partial charge in [0.15, 0.2) is 0 Å². The Bertz CT molecular complexity index is 668. The highest BCUT2D eigenvalue weighted by Crippen LogP contribution is 2.17. The van der Waals surface area contributed by atoms with Gasteiger partial charge in [-0.2, -0.15) is 10.5 Å². The van der Waals surface area contributed by atoms with E-state index < -0.39 is 11.2 Å². The molecule has 0 atom stereocenters. The highest BCUT2D eigenvalue weighted by atomic mass is 79.9. The SMILES string of the molecule is Cn1c(=O)c(Br)c(CSC#N)n(CCSC#N)c1=O. The van der Waals surface area contributed by atoms with Crippen LogP contribution in [-0.2, 0) is 19.3 Å². The van der Waals surface area contributed by atoms with E-state index in [1.807, 2.05) is 10.8 Å². The van der Waals surface area contributed by atoms with Crippen LogP contribution in [0.1, 0.15) is 5.69 Å². The first kappa shape index (κ1) is 15.9. The van der Waals surface area contributed by atoms with Gasteiger partial charge in [-0.15, -0.1) is 0 Å². The predicted molar refractivity (Wildman–Crippen MR) is 78.6 cm³/mol. The van der Waals surface area contributed by atoms with Crippen molar-refractivity contribution in [1.82, 2.24) is 9.13 Å². The molecule has 0 aliphatic carbocycles. The van der Waals surface area contributed by atoms with E-state index in [-0.39, 0.29) is 10.2 Å². The molecule has 0 amide bonds. The third kappa shape index (κ3) is 3.66. The maximum Gasteiger partial charge on any atom is 0.331 e. The first-order valence-corrected chi connectivity index (χ1v) is 7.81. The van der Waals surface area contributed by atoms with Crippen LogP contribution < -0.4 is 11.2 Å². The Morgan fingerprint density at radius 3 is 2.47 bits per heavy atom. The Kier molecular flexibility index (Phi) is 6.22. The lowest BCUT2D eigenvalue weighted by molar-refractivity contribution is 0.608. The average molecular weight is 361 g/mol. The Morgan fingerprint density at radius 1 is 1.26 bits per heavy atom. The highest BCUT2D eigenvalue weighted by Gasteiger charge is 2.15. The van der Waals surface area contributed by atoms with E-state index in [1.165, 1.54) is 11.6 Å². The van der Waals surface area contributed by atoms with Crippen molar-refractivity contribution in [2.75, 3.05) is 5.75 Å². The Balaban J connectivity index is 3.32. The average Bonchev–Trinajstić information content (AvgIpc) is 2.41. The summed E-state index contributed by atoms with van der Waals surface area (Å²) in [5, 5.41) is 20.9. The number of hydrogen-bond acceptors (Lipinski definition) is 6. The van der Waals surface area contributed by atoms with Gasteiger partial charge in [-0.3, -0.25) is 13.9 Å². The molecule has 9 heteroatoms. The molecule has 1 aromatic heterocycles. The highest BCUT2D eigenvalue weighted by molar-refractivity contribution is 9.10. The molecule has 100 valence electrons. The van der Waals surface area contributed by atoms with Crippen LogP contribution in [0.25, 0.3) is 0 Å². The minimum Gasteiger partial charge on any atom is -0.295 e. The van der Waals surface area contributed by atoms with E-state index in [4.69, 9.17) is 10.5 Å². The van der Waals surface area contributed by atoms with Crippen molar-refractivity contribution in [3.8, 4) is 10.8 Å². The summed E-state index contributed by atoms with van der Waals surface area (Å²) in [6.07, 6.45) is 0. The standard InChI is InChI=1S/C10H9BrN4O2S2/c1-14-9(16)8(11)7(4-19-6-13)15(10(14)17)2-3-18-5-12/h2-4H2,1H3. The molecule has 19 heavy (non-hydrogen) atoms. The summed E-state index contributed by atoms with van der Waals surface area (Å²) >= 11 is 5.15. The van der Waals surface area contributed by atoms with E-state index in [0.717, 1.165) is 28.1 Å². The maximum absolute atomic E-state index is 12.0. The fourth-order valence-corrected chi connectivity index (χ4v) is 3.10. The molecule has 0 aliphatic rings. The minimum absolute atomic E-state index is 0.236. The number of thiocyanates is 2. The van der Waals surface area contributed by atoms with Gasteiger partial charge in [0.1, 0.15) is 15.3 Å². The molecule has 0 unspecified atom stereocenters. The van der Waals surface area contributed by atoms with E-state index in [2.05, 4.69) is 15.9 Å². The molecular formula is C10H9BrN4O2S2.